The molecule has 0 aliphatic rings. The molecule has 6 heteroatoms. The number of anilines is 1. The van der Waals surface area contributed by atoms with Gasteiger partial charge in [-0.1, -0.05) is 39.0 Å². The summed E-state index contributed by atoms with van der Waals surface area (Å²) in [7, 11) is 0. The van der Waals surface area contributed by atoms with E-state index in [-0.39, 0.29) is 0 Å². The summed E-state index contributed by atoms with van der Waals surface area (Å²) in [5.74, 6) is 7.06. The second kappa shape index (κ2) is 11.3. The summed E-state index contributed by atoms with van der Waals surface area (Å²) in [6.07, 6.45) is 7.41. The maximum atomic E-state index is 5.67. The lowest BCUT2D eigenvalue weighted by atomic mass is 10.1. The first kappa shape index (κ1) is 17.7. The lowest BCUT2D eigenvalue weighted by Gasteiger charge is -2.09. The van der Waals surface area contributed by atoms with Crippen LogP contribution < -0.4 is 16.0 Å². The van der Waals surface area contributed by atoms with E-state index in [1.165, 1.54) is 32.1 Å². The Labute approximate surface area is 127 Å². The van der Waals surface area contributed by atoms with E-state index in [2.05, 4.69) is 22.3 Å². The quantitative estimate of drug-likeness (QED) is 0.350. The highest BCUT2D eigenvalue weighted by molar-refractivity contribution is 5.36. The first-order valence-electron chi connectivity index (χ1n) is 7.85. The third-order valence-corrected chi connectivity index (χ3v) is 3.08. The maximum absolute atomic E-state index is 5.67. The van der Waals surface area contributed by atoms with Crippen LogP contribution in [0.1, 0.15) is 58.2 Å². The van der Waals surface area contributed by atoms with Gasteiger partial charge in [0.15, 0.2) is 5.82 Å². The van der Waals surface area contributed by atoms with Gasteiger partial charge in [-0.05, 0) is 13.3 Å². The van der Waals surface area contributed by atoms with Crippen LogP contribution in [0.25, 0.3) is 0 Å². The molecule has 0 aliphatic carbocycles. The monoisotopic (exact) mass is 296 g/mol. The molecular formula is C15H28N4O2. The molecule has 21 heavy (non-hydrogen) atoms. The predicted molar refractivity (Wildman–Crippen MR) is 84.0 cm³/mol. The van der Waals surface area contributed by atoms with Crippen LogP contribution in [0, 0.1) is 0 Å². The van der Waals surface area contributed by atoms with Crippen LogP contribution in [-0.2, 0) is 11.3 Å². The smallest absolute Gasteiger partial charge is 0.218 e. The molecule has 0 amide bonds. The van der Waals surface area contributed by atoms with Gasteiger partial charge in [-0.2, -0.15) is 4.98 Å². The Balaban J connectivity index is 2.35. The molecule has 1 heterocycles. The van der Waals surface area contributed by atoms with Gasteiger partial charge in [0.1, 0.15) is 12.4 Å². The maximum Gasteiger partial charge on any atom is 0.218 e. The Hall–Kier alpha value is -1.40. The van der Waals surface area contributed by atoms with Crippen molar-refractivity contribution in [2.45, 2.75) is 59.0 Å². The Bertz CT molecular complexity index is 388. The Kier molecular flexibility index (Phi) is 9.48. The van der Waals surface area contributed by atoms with Gasteiger partial charge in [0, 0.05) is 12.7 Å². The molecular weight excluding hydrogens is 268 g/mol. The minimum atomic E-state index is 0.361. The van der Waals surface area contributed by atoms with E-state index in [0.29, 0.717) is 37.3 Å². The zero-order chi connectivity index (χ0) is 15.3. The van der Waals surface area contributed by atoms with E-state index in [0.717, 1.165) is 6.42 Å². The highest BCUT2D eigenvalue weighted by atomic mass is 16.5. The fourth-order valence-corrected chi connectivity index (χ4v) is 1.94. The van der Waals surface area contributed by atoms with Crippen LogP contribution >= 0.6 is 0 Å². The Morgan fingerprint density at radius 3 is 2.57 bits per heavy atom. The van der Waals surface area contributed by atoms with Crippen molar-refractivity contribution in [2.24, 2.45) is 5.84 Å². The van der Waals surface area contributed by atoms with E-state index < -0.39 is 0 Å². The number of nitrogens with zero attached hydrogens (tertiary/aromatic N) is 2. The second-order valence-electron chi connectivity index (χ2n) is 4.91. The molecule has 0 saturated heterocycles. The largest absolute Gasteiger partial charge is 0.478 e. The third-order valence-electron chi connectivity index (χ3n) is 3.08. The zero-order valence-corrected chi connectivity index (χ0v) is 13.2. The van der Waals surface area contributed by atoms with Crippen molar-refractivity contribution in [3.8, 4) is 5.88 Å². The van der Waals surface area contributed by atoms with Crippen LogP contribution in [0.5, 0.6) is 5.88 Å². The molecule has 6 nitrogen and oxygen atoms in total. The summed E-state index contributed by atoms with van der Waals surface area (Å²) < 4.78 is 11.0. The number of ether oxygens (including phenoxy) is 2. The molecule has 0 spiro atoms. The van der Waals surface area contributed by atoms with Gasteiger partial charge in [0.2, 0.25) is 5.88 Å². The summed E-state index contributed by atoms with van der Waals surface area (Å²) in [6.45, 7) is 5.81. The highest BCUT2D eigenvalue weighted by Crippen LogP contribution is 2.14. The van der Waals surface area contributed by atoms with Crippen molar-refractivity contribution in [2.75, 3.05) is 18.6 Å². The molecule has 0 saturated carbocycles. The van der Waals surface area contributed by atoms with Gasteiger partial charge in [-0.3, -0.25) is 0 Å². The minimum Gasteiger partial charge on any atom is -0.478 e. The molecule has 0 unspecified atom stereocenters. The van der Waals surface area contributed by atoms with Crippen molar-refractivity contribution in [3.63, 3.8) is 0 Å². The highest BCUT2D eigenvalue weighted by Gasteiger charge is 2.05. The second-order valence-corrected chi connectivity index (χ2v) is 4.91. The van der Waals surface area contributed by atoms with E-state index in [1.807, 2.05) is 6.92 Å². The predicted octanol–water partition coefficient (Wildman–Crippen LogP) is 3.04. The lowest BCUT2D eigenvalue weighted by Crippen LogP contribution is -2.12. The normalized spacial score (nSPS) is 10.6. The van der Waals surface area contributed by atoms with Gasteiger partial charge in [0.25, 0.3) is 0 Å². The molecule has 0 aromatic carbocycles. The Morgan fingerprint density at radius 2 is 1.86 bits per heavy atom. The number of nitrogen functional groups attached to an aromatic ring is 1. The van der Waals surface area contributed by atoms with Gasteiger partial charge in [-0.15, -0.1) is 0 Å². The summed E-state index contributed by atoms with van der Waals surface area (Å²) in [5, 5.41) is 0. The van der Waals surface area contributed by atoms with Crippen molar-refractivity contribution in [1.29, 1.82) is 0 Å². The number of rotatable bonds is 12. The number of hydrazine groups is 1. The Morgan fingerprint density at radius 1 is 1.10 bits per heavy atom. The molecule has 3 N–H and O–H groups in total. The average molecular weight is 296 g/mol. The number of hydrogen-bond acceptors (Lipinski definition) is 6. The van der Waals surface area contributed by atoms with Crippen LogP contribution in [0.4, 0.5) is 5.82 Å². The molecule has 0 atom stereocenters. The summed E-state index contributed by atoms with van der Waals surface area (Å²) in [4.78, 5) is 8.53. The SMILES string of the molecule is CCCCCCCCOc1cc(NN)nc(COCC)n1. The standard InChI is InChI=1S/C15H28N4O2/c1-3-5-6-7-8-9-10-21-15-11-13(19-16)17-14(18-15)12-20-4-2/h11H,3-10,12,16H2,1-2H3,(H,17,18,19). The number of aromatic nitrogens is 2. The van der Waals surface area contributed by atoms with Gasteiger partial charge >= 0.3 is 0 Å². The fraction of sp³-hybridized carbons (Fsp3) is 0.733. The van der Waals surface area contributed by atoms with Gasteiger partial charge in [-0.25, -0.2) is 10.8 Å². The number of nitrogens with one attached hydrogen (secondary N) is 1. The van der Waals surface area contributed by atoms with Crippen molar-refractivity contribution >= 4 is 5.82 Å². The topological polar surface area (TPSA) is 82.3 Å². The number of nitrogens with two attached hydrogens (primary N) is 1. The van der Waals surface area contributed by atoms with E-state index in [1.54, 1.807) is 6.07 Å². The zero-order valence-electron chi connectivity index (χ0n) is 13.2. The molecule has 1 rings (SSSR count). The van der Waals surface area contributed by atoms with Crippen molar-refractivity contribution in [1.82, 2.24) is 9.97 Å². The molecule has 0 bridgehead atoms. The van der Waals surface area contributed by atoms with E-state index >= 15 is 0 Å². The fourth-order valence-electron chi connectivity index (χ4n) is 1.94. The third kappa shape index (κ3) is 7.82. The molecule has 120 valence electrons. The first-order chi connectivity index (χ1) is 10.3. The number of unbranched alkanes of at least 4 members (excludes halogenated alkanes) is 5. The van der Waals surface area contributed by atoms with Crippen molar-refractivity contribution < 1.29 is 9.47 Å². The van der Waals surface area contributed by atoms with E-state index in [4.69, 9.17) is 15.3 Å². The van der Waals surface area contributed by atoms with Crippen molar-refractivity contribution in [3.05, 3.63) is 11.9 Å². The average Bonchev–Trinajstić information content (AvgIpc) is 2.51. The molecule has 0 fully saturated rings. The van der Waals surface area contributed by atoms with Crippen LogP contribution in [-0.4, -0.2) is 23.2 Å². The molecule has 0 radical (unpaired) electrons. The summed E-state index contributed by atoms with van der Waals surface area (Å²) >= 11 is 0. The van der Waals surface area contributed by atoms with Gasteiger partial charge < -0.3 is 14.9 Å². The first-order valence-corrected chi connectivity index (χ1v) is 7.85. The number of hydrogen-bond donors (Lipinski definition) is 2. The van der Waals surface area contributed by atoms with E-state index in [9.17, 15) is 0 Å². The lowest BCUT2D eigenvalue weighted by molar-refractivity contribution is 0.127. The minimum absolute atomic E-state index is 0.361. The van der Waals surface area contributed by atoms with Crippen LogP contribution in [0.3, 0.4) is 0 Å². The molecule has 1 aromatic rings. The summed E-state index contributed by atoms with van der Waals surface area (Å²) in [5.41, 5.74) is 2.52. The van der Waals surface area contributed by atoms with Gasteiger partial charge in [0.05, 0.1) is 6.61 Å². The summed E-state index contributed by atoms with van der Waals surface area (Å²) in [6, 6.07) is 1.70. The van der Waals surface area contributed by atoms with Crippen LogP contribution in [0.2, 0.25) is 0 Å². The van der Waals surface area contributed by atoms with Crippen LogP contribution in [0.15, 0.2) is 6.07 Å². The molecule has 0 aliphatic heterocycles. The molecule has 1 aromatic heterocycles.